The molecule has 1 aromatic heterocycles. The van der Waals surface area contributed by atoms with E-state index in [4.69, 9.17) is 4.52 Å². The topological polar surface area (TPSA) is 68.0 Å². The molecule has 0 bridgehead atoms. The van der Waals surface area contributed by atoms with Crippen molar-refractivity contribution in [3.63, 3.8) is 0 Å². The van der Waals surface area contributed by atoms with Crippen molar-refractivity contribution >= 4 is 5.91 Å². The number of aryl methyl sites for hydroxylation is 2. The van der Waals surface area contributed by atoms with Crippen molar-refractivity contribution in [3.8, 4) is 11.4 Å². The van der Waals surface area contributed by atoms with Crippen LogP contribution in [0.15, 0.2) is 53.1 Å². The summed E-state index contributed by atoms with van der Waals surface area (Å²) >= 11 is 0. The van der Waals surface area contributed by atoms with Crippen LogP contribution in [0.3, 0.4) is 0 Å². The highest BCUT2D eigenvalue weighted by Crippen LogP contribution is 2.16. The highest BCUT2D eigenvalue weighted by molar-refractivity contribution is 5.76. The first-order chi connectivity index (χ1) is 12.1. The van der Waals surface area contributed by atoms with Crippen molar-refractivity contribution < 1.29 is 13.7 Å². The Labute approximate surface area is 144 Å². The van der Waals surface area contributed by atoms with Gasteiger partial charge in [-0.3, -0.25) is 4.79 Å². The number of hydrogen-bond acceptors (Lipinski definition) is 4. The van der Waals surface area contributed by atoms with E-state index in [0.29, 0.717) is 30.2 Å². The third-order valence-corrected chi connectivity index (χ3v) is 3.87. The molecule has 0 unspecified atom stereocenters. The summed E-state index contributed by atoms with van der Waals surface area (Å²) in [4.78, 5) is 16.2. The van der Waals surface area contributed by atoms with Crippen LogP contribution in [-0.2, 0) is 17.8 Å². The van der Waals surface area contributed by atoms with Crippen LogP contribution in [0.4, 0.5) is 4.39 Å². The van der Waals surface area contributed by atoms with E-state index in [9.17, 15) is 9.18 Å². The average Bonchev–Trinajstić information content (AvgIpc) is 3.09. The lowest BCUT2D eigenvalue weighted by molar-refractivity contribution is -0.121. The molecular weight excluding hydrogens is 321 g/mol. The molecule has 0 aliphatic heterocycles. The van der Waals surface area contributed by atoms with Gasteiger partial charge in [-0.1, -0.05) is 29.4 Å². The lowest BCUT2D eigenvalue weighted by Gasteiger charge is -2.07. The van der Waals surface area contributed by atoms with E-state index >= 15 is 0 Å². The second-order valence-corrected chi connectivity index (χ2v) is 5.72. The highest BCUT2D eigenvalue weighted by atomic mass is 19.1. The van der Waals surface area contributed by atoms with Gasteiger partial charge in [0.25, 0.3) is 0 Å². The minimum absolute atomic E-state index is 0.0789. The van der Waals surface area contributed by atoms with Crippen LogP contribution in [0.2, 0.25) is 0 Å². The number of amides is 1. The third kappa shape index (κ3) is 4.50. The van der Waals surface area contributed by atoms with Crippen LogP contribution >= 0.6 is 0 Å². The van der Waals surface area contributed by atoms with Crippen LogP contribution in [0, 0.1) is 12.7 Å². The summed E-state index contributed by atoms with van der Waals surface area (Å²) in [6.07, 6.45) is 0.616. The molecule has 1 N–H and O–H groups in total. The smallest absolute Gasteiger partial charge is 0.227 e. The predicted molar refractivity (Wildman–Crippen MR) is 91.0 cm³/mol. The Bertz CT molecular complexity index is 859. The monoisotopic (exact) mass is 339 g/mol. The van der Waals surface area contributed by atoms with E-state index in [0.717, 1.165) is 11.1 Å². The van der Waals surface area contributed by atoms with Gasteiger partial charge in [-0.2, -0.15) is 4.98 Å². The molecule has 3 rings (SSSR count). The standard InChI is InChI=1S/C19H18FN3O2/c1-13-4-2-3-5-15(13)12-21-17(24)10-11-18-22-19(23-25-18)14-6-8-16(20)9-7-14/h2-9H,10-12H2,1H3,(H,21,24). The van der Waals surface area contributed by atoms with Crippen molar-refractivity contribution in [3.05, 3.63) is 71.4 Å². The predicted octanol–water partition coefficient (Wildman–Crippen LogP) is 3.43. The molecule has 0 saturated carbocycles. The molecule has 0 saturated heterocycles. The number of hydrogen-bond donors (Lipinski definition) is 1. The maximum Gasteiger partial charge on any atom is 0.227 e. The first-order valence-electron chi connectivity index (χ1n) is 8.01. The maximum atomic E-state index is 12.9. The summed E-state index contributed by atoms with van der Waals surface area (Å²) in [7, 11) is 0. The van der Waals surface area contributed by atoms with Gasteiger partial charge in [0.2, 0.25) is 17.6 Å². The van der Waals surface area contributed by atoms with E-state index in [1.165, 1.54) is 12.1 Å². The molecule has 2 aromatic carbocycles. The van der Waals surface area contributed by atoms with Gasteiger partial charge in [-0.05, 0) is 42.3 Å². The van der Waals surface area contributed by atoms with Gasteiger partial charge in [-0.15, -0.1) is 0 Å². The van der Waals surface area contributed by atoms with E-state index in [-0.39, 0.29) is 18.1 Å². The van der Waals surface area contributed by atoms with Crippen LogP contribution < -0.4 is 5.32 Å². The minimum Gasteiger partial charge on any atom is -0.352 e. The Morgan fingerprint density at radius 2 is 1.92 bits per heavy atom. The first-order valence-corrected chi connectivity index (χ1v) is 8.01. The van der Waals surface area contributed by atoms with E-state index in [1.54, 1.807) is 12.1 Å². The molecule has 0 fully saturated rings. The lowest BCUT2D eigenvalue weighted by Crippen LogP contribution is -2.23. The average molecular weight is 339 g/mol. The molecule has 0 aliphatic rings. The Morgan fingerprint density at radius 1 is 1.16 bits per heavy atom. The molecule has 0 aliphatic carbocycles. The van der Waals surface area contributed by atoms with Crippen LogP contribution in [0.5, 0.6) is 0 Å². The molecule has 0 radical (unpaired) electrons. The zero-order valence-electron chi connectivity index (χ0n) is 13.8. The largest absolute Gasteiger partial charge is 0.352 e. The van der Waals surface area contributed by atoms with E-state index < -0.39 is 0 Å². The van der Waals surface area contributed by atoms with Crippen LogP contribution in [0.25, 0.3) is 11.4 Å². The number of nitrogens with zero attached hydrogens (tertiary/aromatic N) is 2. The summed E-state index contributed by atoms with van der Waals surface area (Å²) in [6.45, 7) is 2.51. The van der Waals surface area contributed by atoms with Crippen molar-refractivity contribution in [1.29, 1.82) is 0 Å². The summed E-state index contributed by atoms with van der Waals surface area (Å²) < 4.78 is 18.1. The summed E-state index contributed by atoms with van der Waals surface area (Å²) in [5, 5.41) is 6.74. The fourth-order valence-electron chi connectivity index (χ4n) is 2.38. The van der Waals surface area contributed by atoms with Gasteiger partial charge >= 0.3 is 0 Å². The third-order valence-electron chi connectivity index (χ3n) is 3.87. The number of carbonyl (C=O) groups excluding carboxylic acids is 1. The molecule has 25 heavy (non-hydrogen) atoms. The van der Waals surface area contributed by atoms with Gasteiger partial charge in [0.05, 0.1) is 0 Å². The van der Waals surface area contributed by atoms with Gasteiger partial charge in [0, 0.05) is 24.9 Å². The molecule has 1 heterocycles. The van der Waals surface area contributed by atoms with Crippen molar-refractivity contribution in [2.75, 3.05) is 0 Å². The Morgan fingerprint density at radius 3 is 2.68 bits per heavy atom. The Balaban J connectivity index is 1.51. The maximum absolute atomic E-state index is 12.9. The summed E-state index contributed by atoms with van der Waals surface area (Å²) in [6, 6.07) is 13.8. The first kappa shape index (κ1) is 16.8. The van der Waals surface area contributed by atoms with E-state index in [2.05, 4.69) is 15.5 Å². The Kier molecular flexibility index (Phi) is 5.18. The number of carbonyl (C=O) groups is 1. The van der Waals surface area contributed by atoms with Gasteiger partial charge in [0.1, 0.15) is 5.82 Å². The van der Waals surface area contributed by atoms with Crippen molar-refractivity contribution in [2.45, 2.75) is 26.3 Å². The number of benzene rings is 2. The molecule has 3 aromatic rings. The SMILES string of the molecule is Cc1ccccc1CNC(=O)CCc1nc(-c2ccc(F)cc2)no1. The summed E-state index contributed by atoms with van der Waals surface area (Å²) in [5.41, 5.74) is 2.90. The van der Waals surface area contributed by atoms with Crippen molar-refractivity contribution in [1.82, 2.24) is 15.5 Å². The lowest BCUT2D eigenvalue weighted by atomic mass is 10.1. The Hall–Kier alpha value is -3.02. The number of rotatable bonds is 6. The fourth-order valence-corrected chi connectivity index (χ4v) is 2.38. The quantitative estimate of drug-likeness (QED) is 0.747. The summed E-state index contributed by atoms with van der Waals surface area (Å²) in [5.74, 6) is 0.364. The zero-order valence-corrected chi connectivity index (χ0v) is 13.8. The molecule has 0 spiro atoms. The molecule has 128 valence electrons. The van der Waals surface area contributed by atoms with Crippen molar-refractivity contribution in [2.24, 2.45) is 0 Å². The second kappa shape index (κ2) is 7.70. The van der Waals surface area contributed by atoms with Crippen LogP contribution in [0.1, 0.15) is 23.4 Å². The van der Waals surface area contributed by atoms with Gasteiger partial charge in [0.15, 0.2) is 0 Å². The number of aromatic nitrogens is 2. The van der Waals surface area contributed by atoms with Gasteiger partial charge in [-0.25, -0.2) is 4.39 Å². The zero-order chi connectivity index (χ0) is 17.6. The molecule has 6 heteroatoms. The molecular formula is C19H18FN3O2. The number of nitrogens with one attached hydrogen (secondary N) is 1. The number of halogens is 1. The van der Waals surface area contributed by atoms with Crippen LogP contribution in [-0.4, -0.2) is 16.0 Å². The fraction of sp³-hybridized carbons (Fsp3) is 0.211. The second-order valence-electron chi connectivity index (χ2n) is 5.72. The molecule has 1 amide bonds. The minimum atomic E-state index is -0.321. The molecule has 5 nitrogen and oxygen atoms in total. The normalized spacial score (nSPS) is 10.6. The highest BCUT2D eigenvalue weighted by Gasteiger charge is 2.11. The van der Waals surface area contributed by atoms with E-state index in [1.807, 2.05) is 31.2 Å². The van der Waals surface area contributed by atoms with Gasteiger partial charge < -0.3 is 9.84 Å². The molecule has 0 atom stereocenters.